The number of ether oxygens (including phenoxy) is 2. The fourth-order valence-electron chi connectivity index (χ4n) is 6.25. The van der Waals surface area contributed by atoms with Crippen molar-refractivity contribution in [3.8, 4) is 5.75 Å². The lowest BCUT2D eigenvalue weighted by molar-refractivity contribution is -0.145. The Kier molecular flexibility index (Phi) is 14.8. The average Bonchev–Trinajstić information content (AvgIpc) is 3.22. The van der Waals surface area contributed by atoms with Crippen LogP contribution in [0.2, 0.25) is 0 Å². The summed E-state index contributed by atoms with van der Waals surface area (Å²) in [5, 5.41) is 0. The van der Waals surface area contributed by atoms with Gasteiger partial charge in [0.05, 0.1) is 6.61 Å². The van der Waals surface area contributed by atoms with E-state index in [1.165, 1.54) is 23.3 Å². The summed E-state index contributed by atoms with van der Waals surface area (Å²) in [6, 6.07) is 20.9. The van der Waals surface area contributed by atoms with Crippen LogP contribution >= 0.6 is 24.8 Å². The normalized spacial score (nSPS) is 15.6. The van der Waals surface area contributed by atoms with Crippen LogP contribution in [0.1, 0.15) is 71.6 Å². The summed E-state index contributed by atoms with van der Waals surface area (Å²) in [5.41, 5.74) is 5.57. The summed E-state index contributed by atoms with van der Waals surface area (Å²) in [4.78, 5) is 29.8. The molecule has 45 heavy (non-hydrogen) atoms. The van der Waals surface area contributed by atoms with Crippen LogP contribution in [0.3, 0.4) is 0 Å². The molecule has 0 N–H and O–H groups in total. The van der Waals surface area contributed by atoms with E-state index in [1.807, 2.05) is 42.5 Å². The van der Waals surface area contributed by atoms with Crippen LogP contribution < -0.4 is 4.74 Å². The second-order valence-corrected chi connectivity index (χ2v) is 11.8. The van der Waals surface area contributed by atoms with E-state index >= 15 is 0 Å². The van der Waals surface area contributed by atoms with Gasteiger partial charge in [-0.05, 0) is 106 Å². The SMILES string of the molecule is CCOC(=O)COc1ccccc1CN1CCC(CCC(=O)c2ccc3c(c2)CN(Cc2ccc(F)cc2)CCC3)CC1.Cl.Cl. The Hall–Kier alpha value is -2.97. The van der Waals surface area contributed by atoms with Gasteiger partial charge in [-0.25, -0.2) is 9.18 Å². The van der Waals surface area contributed by atoms with Crippen LogP contribution in [0.5, 0.6) is 5.75 Å². The third-order valence-electron chi connectivity index (χ3n) is 8.67. The summed E-state index contributed by atoms with van der Waals surface area (Å²) in [7, 11) is 0. The lowest BCUT2D eigenvalue weighted by Crippen LogP contribution is -2.33. The van der Waals surface area contributed by atoms with Crippen LogP contribution in [0.25, 0.3) is 0 Å². The second kappa shape index (κ2) is 18.2. The molecule has 244 valence electrons. The lowest BCUT2D eigenvalue weighted by Gasteiger charge is -2.32. The topological polar surface area (TPSA) is 59.1 Å². The van der Waals surface area contributed by atoms with E-state index in [1.54, 1.807) is 6.92 Å². The van der Waals surface area contributed by atoms with Crippen molar-refractivity contribution < 1.29 is 23.5 Å². The zero-order valence-electron chi connectivity index (χ0n) is 26.0. The molecule has 0 radical (unpaired) electrons. The highest BCUT2D eigenvalue weighted by Crippen LogP contribution is 2.28. The summed E-state index contributed by atoms with van der Waals surface area (Å²) in [5.74, 6) is 0.929. The van der Waals surface area contributed by atoms with Gasteiger partial charge >= 0.3 is 5.97 Å². The van der Waals surface area contributed by atoms with Crippen molar-refractivity contribution in [2.75, 3.05) is 32.8 Å². The molecule has 0 unspecified atom stereocenters. The van der Waals surface area contributed by atoms with Crippen molar-refractivity contribution in [3.05, 3.63) is 100 Å². The smallest absolute Gasteiger partial charge is 0.344 e. The van der Waals surface area contributed by atoms with Gasteiger partial charge in [0.25, 0.3) is 0 Å². The summed E-state index contributed by atoms with van der Waals surface area (Å²) in [6.45, 7) is 7.36. The first-order valence-electron chi connectivity index (χ1n) is 15.7. The second-order valence-electron chi connectivity index (χ2n) is 11.8. The van der Waals surface area contributed by atoms with Crippen molar-refractivity contribution in [1.82, 2.24) is 9.80 Å². The number of nitrogens with zero attached hydrogens (tertiary/aromatic N) is 2. The standard InChI is InChI=1S/C36H43FN2O4.2ClH/c1-2-42-36(41)26-43-35-8-4-3-6-31(35)24-38-20-17-27(18-21-38)11-16-34(40)30-13-12-29-7-5-19-39(25-32(29)22-30)23-28-9-14-33(37)15-10-28;;/h3-4,6,8-10,12-15,22,27H,2,5,7,11,16-21,23-26H2,1H3;2*1H. The van der Waals surface area contributed by atoms with E-state index < -0.39 is 0 Å². The quantitative estimate of drug-likeness (QED) is 0.149. The van der Waals surface area contributed by atoms with E-state index in [2.05, 4.69) is 21.9 Å². The highest BCUT2D eigenvalue weighted by Gasteiger charge is 2.22. The minimum Gasteiger partial charge on any atom is -0.482 e. The molecule has 0 saturated carbocycles. The number of rotatable bonds is 12. The lowest BCUT2D eigenvalue weighted by atomic mass is 9.89. The summed E-state index contributed by atoms with van der Waals surface area (Å²) < 4.78 is 24.1. The maximum atomic E-state index is 13.3. The van der Waals surface area contributed by atoms with Gasteiger partial charge in [0.1, 0.15) is 11.6 Å². The molecule has 0 atom stereocenters. The average molecular weight is 660 g/mol. The van der Waals surface area contributed by atoms with Gasteiger partial charge in [-0.1, -0.05) is 42.5 Å². The number of hydrogen-bond donors (Lipinski definition) is 0. The molecule has 5 rings (SSSR count). The Labute approximate surface area is 279 Å². The van der Waals surface area contributed by atoms with E-state index in [0.717, 1.165) is 93.8 Å². The molecular weight excluding hydrogens is 614 g/mol. The van der Waals surface area contributed by atoms with Gasteiger partial charge in [-0.2, -0.15) is 0 Å². The summed E-state index contributed by atoms with van der Waals surface area (Å²) >= 11 is 0. The predicted octanol–water partition coefficient (Wildman–Crippen LogP) is 7.43. The van der Waals surface area contributed by atoms with Gasteiger partial charge in [0.15, 0.2) is 12.4 Å². The van der Waals surface area contributed by atoms with Gasteiger partial charge < -0.3 is 9.47 Å². The van der Waals surface area contributed by atoms with Crippen LogP contribution in [-0.4, -0.2) is 54.4 Å². The minimum atomic E-state index is -0.359. The van der Waals surface area contributed by atoms with Crippen LogP contribution in [0.15, 0.2) is 66.7 Å². The van der Waals surface area contributed by atoms with Crippen molar-refractivity contribution in [3.63, 3.8) is 0 Å². The molecule has 0 aliphatic carbocycles. The first-order valence-corrected chi connectivity index (χ1v) is 15.7. The molecule has 0 aromatic heterocycles. The molecule has 3 aromatic rings. The third-order valence-corrected chi connectivity index (χ3v) is 8.67. The van der Waals surface area contributed by atoms with Crippen molar-refractivity contribution in [2.24, 2.45) is 5.92 Å². The number of para-hydroxylation sites is 1. The Morgan fingerprint density at radius 3 is 2.40 bits per heavy atom. The van der Waals surface area contributed by atoms with Gasteiger partial charge in [-0.3, -0.25) is 14.6 Å². The van der Waals surface area contributed by atoms with Gasteiger partial charge in [0, 0.05) is 37.2 Å². The van der Waals surface area contributed by atoms with Crippen LogP contribution in [-0.2, 0) is 35.6 Å². The predicted molar refractivity (Wildman–Crippen MR) is 180 cm³/mol. The number of ketones is 1. The molecule has 9 heteroatoms. The van der Waals surface area contributed by atoms with E-state index in [-0.39, 0.29) is 49.0 Å². The maximum Gasteiger partial charge on any atom is 0.344 e. The number of aryl methyl sites for hydroxylation is 1. The van der Waals surface area contributed by atoms with Crippen molar-refractivity contribution in [1.29, 1.82) is 0 Å². The number of esters is 1. The highest BCUT2D eigenvalue weighted by molar-refractivity contribution is 5.96. The zero-order chi connectivity index (χ0) is 30.0. The van der Waals surface area contributed by atoms with Crippen molar-refractivity contribution in [2.45, 2.75) is 65.1 Å². The fraction of sp³-hybridized carbons (Fsp3) is 0.444. The fourth-order valence-corrected chi connectivity index (χ4v) is 6.25. The number of carbonyl (C=O) groups is 2. The number of likely N-dealkylation sites (tertiary alicyclic amines) is 1. The molecule has 3 aromatic carbocycles. The van der Waals surface area contributed by atoms with Crippen LogP contribution in [0.4, 0.5) is 4.39 Å². The number of piperidine rings is 1. The minimum absolute atomic E-state index is 0. The Bertz CT molecular complexity index is 1380. The first-order chi connectivity index (χ1) is 21.0. The molecule has 0 amide bonds. The molecule has 2 aliphatic heterocycles. The Balaban J connectivity index is 0.00000276. The number of Topliss-reactive ketones (excluding diaryl/α,β-unsaturated/α-hetero) is 1. The molecule has 1 fully saturated rings. The number of fused-ring (bicyclic) bond motifs is 1. The van der Waals surface area contributed by atoms with Crippen molar-refractivity contribution >= 4 is 36.6 Å². The zero-order valence-corrected chi connectivity index (χ0v) is 27.7. The number of halogens is 3. The van der Waals surface area contributed by atoms with E-state index in [9.17, 15) is 14.0 Å². The Morgan fingerprint density at radius 1 is 0.889 bits per heavy atom. The van der Waals surface area contributed by atoms with E-state index in [4.69, 9.17) is 9.47 Å². The van der Waals surface area contributed by atoms with Gasteiger partial charge in [0.2, 0.25) is 0 Å². The molecule has 0 bridgehead atoms. The van der Waals surface area contributed by atoms with Gasteiger partial charge in [-0.15, -0.1) is 24.8 Å². The molecule has 2 heterocycles. The summed E-state index contributed by atoms with van der Waals surface area (Å²) in [6.07, 6.45) is 5.73. The van der Waals surface area contributed by atoms with Crippen LogP contribution in [0, 0.1) is 11.7 Å². The van der Waals surface area contributed by atoms with E-state index in [0.29, 0.717) is 18.9 Å². The molecule has 0 spiro atoms. The first kappa shape index (κ1) is 36.5. The number of benzene rings is 3. The molecule has 2 aliphatic rings. The highest BCUT2D eigenvalue weighted by atomic mass is 35.5. The number of hydrogen-bond acceptors (Lipinski definition) is 6. The third kappa shape index (κ3) is 10.8. The molecule has 6 nitrogen and oxygen atoms in total. The largest absolute Gasteiger partial charge is 0.482 e. The maximum absolute atomic E-state index is 13.3. The molecule has 1 saturated heterocycles. The monoisotopic (exact) mass is 658 g/mol. The molecular formula is C36H45Cl2FN2O4. The number of carbonyl (C=O) groups excluding carboxylic acids is 2. The Morgan fingerprint density at radius 2 is 1.64 bits per heavy atom.